The molecule has 3 heterocycles. The van der Waals surface area contributed by atoms with Crippen LogP contribution in [-0.4, -0.2) is 54.3 Å². The van der Waals surface area contributed by atoms with Crippen LogP contribution in [0.2, 0.25) is 0 Å². The van der Waals surface area contributed by atoms with E-state index >= 15 is 0 Å². The van der Waals surface area contributed by atoms with Gasteiger partial charge in [-0.25, -0.2) is 0 Å². The minimum absolute atomic E-state index is 0.0220. The Bertz CT molecular complexity index is 386. The van der Waals surface area contributed by atoms with Gasteiger partial charge in [-0.05, 0) is 51.3 Å². The Morgan fingerprint density at radius 3 is 2.35 bits per heavy atom. The van der Waals surface area contributed by atoms with Gasteiger partial charge in [0.05, 0.1) is 18.0 Å². The summed E-state index contributed by atoms with van der Waals surface area (Å²) in [4.78, 5) is 8.81. The molecular formula is C16H27N3O. The van der Waals surface area contributed by atoms with E-state index in [2.05, 4.69) is 34.8 Å². The van der Waals surface area contributed by atoms with Crippen LogP contribution < -0.4 is 4.90 Å². The molecule has 1 N–H and O–H groups in total. The van der Waals surface area contributed by atoms with Gasteiger partial charge in [-0.2, -0.15) is 0 Å². The molecule has 2 saturated heterocycles. The maximum Gasteiger partial charge on any atom is 0.0582 e. The molecule has 0 aliphatic carbocycles. The quantitative estimate of drug-likeness (QED) is 0.853. The summed E-state index contributed by atoms with van der Waals surface area (Å²) in [6.45, 7) is 6.66. The lowest BCUT2D eigenvalue weighted by atomic mass is 10.1. The molecule has 2 fully saturated rings. The molecule has 4 heteroatoms. The maximum atomic E-state index is 9.00. The fourth-order valence-electron chi connectivity index (χ4n) is 2.74. The number of aliphatic hydroxyl groups is 1. The number of aromatic nitrogens is 1. The smallest absolute Gasteiger partial charge is 0.0582 e. The van der Waals surface area contributed by atoms with Gasteiger partial charge in [-0.3, -0.25) is 4.98 Å². The van der Waals surface area contributed by atoms with Gasteiger partial charge in [0, 0.05) is 32.4 Å². The first kappa shape index (κ1) is 15.3. The molecule has 0 amide bonds. The minimum atomic E-state index is -0.0220. The lowest BCUT2D eigenvalue weighted by Crippen LogP contribution is -2.32. The van der Waals surface area contributed by atoms with E-state index < -0.39 is 0 Å². The molecule has 0 atom stereocenters. The van der Waals surface area contributed by atoms with Gasteiger partial charge in [-0.1, -0.05) is 0 Å². The molecule has 1 aromatic heterocycles. The second-order valence-corrected chi connectivity index (χ2v) is 5.89. The average molecular weight is 277 g/mol. The van der Waals surface area contributed by atoms with E-state index in [-0.39, 0.29) is 6.10 Å². The number of hydrogen-bond acceptors (Lipinski definition) is 4. The fraction of sp³-hybridized carbons (Fsp3) is 0.688. The summed E-state index contributed by atoms with van der Waals surface area (Å²) >= 11 is 0. The fourth-order valence-corrected chi connectivity index (χ4v) is 2.74. The van der Waals surface area contributed by atoms with Crippen LogP contribution in [0.4, 0.5) is 5.69 Å². The van der Waals surface area contributed by atoms with E-state index in [1.165, 1.54) is 37.2 Å². The average Bonchev–Trinajstić information content (AvgIpc) is 2.97. The third-order valence-electron chi connectivity index (χ3n) is 4.15. The molecule has 2 aliphatic rings. The number of aliphatic hydroxyl groups excluding tert-OH is 1. The summed E-state index contributed by atoms with van der Waals surface area (Å²) in [5, 5.41) is 9.00. The molecule has 112 valence electrons. The number of anilines is 1. The normalized spacial score (nSPS) is 20.6. The zero-order valence-electron chi connectivity index (χ0n) is 12.8. The van der Waals surface area contributed by atoms with Crippen LogP contribution in [0.25, 0.3) is 0 Å². The Morgan fingerprint density at radius 1 is 1.15 bits per heavy atom. The molecule has 0 bridgehead atoms. The van der Waals surface area contributed by atoms with Crippen molar-refractivity contribution in [2.45, 2.75) is 38.7 Å². The Hall–Kier alpha value is -1.13. The second-order valence-electron chi connectivity index (χ2n) is 5.89. The van der Waals surface area contributed by atoms with Crippen molar-refractivity contribution in [1.29, 1.82) is 0 Å². The Kier molecular flexibility index (Phi) is 5.80. The van der Waals surface area contributed by atoms with Crippen molar-refractivity contribution < 1.29 is 5.11 Å². The third kappa shape index (κ3) is 4.46. The molecule has 0 radical (unpaired) electrons. The summed E-state index contributed by atoms with van der Waals surface area (Å²) in [6, 6.07) is 2.08. The first-order valence-electron chi connectivity index (χ1n) is 7.69. The van der Waals surface area contributed by atoms with Crippen molar-refractivity contribution in [2.75, 3.05) is 38.1 Å². The highest BCUT2D eigenvalue weighted by atomic mass is 16.3. The lowest BCUT2D eigenvalue weighted by molar-refractivity contribution is 0.0943. The summed E-state index contributed by atoms with van der Waals surface area (Å²) in [6.07, 6.45) is 8.37. The molecule has 1 aromatic rings. The molecule has 0 unspecified atom stereocenters. The van der Waals surface area contributed by atoms with Crippen molar-refractivity contribution in [2.24, 2.45) is 0 Å². The largest absolute Gasteiger partial charge is 0.393 e. The van der Waals surface area contributed by atoms with E-state index in [0.717, 1.165) is 25.9 Å². The zero-order valence-corrected chi connectivity index (χ0v) is 12.8. The van der Waals surface area contributed by atoms with Gasteiger partial charge in [0.2, 0.25) is 0 Å². The van der Waals surface area contributed by atoms with Gasteiger partial charge in [-0.15, -0.1) is 0 Å². The number of nitrogens with zero attached hydrogens (tertiary/aromatic N) is 3. The molecule has 0 spiro atoms. The van der Waals surface area contributed by atoms with Crippen molar-refractivity contribution in [3.63, 3.8) is 0 Å². The Balaban J connectivity index is 0.000000160. The van der Waals surface area contributed by atoms with Crippen molar-refractivity contribution in [1.82, 2.24) is 9.88 Å². The molecular weight excluding hydrogens is 250 g/mol. The van der Waals surface area contributed by atoms with E-state index in [1.807, 2.05) is 12.4 Å². The predicted octanol–water partition coefficient (Wildman–Crippen LogP) is 2.06. The number of pyridine rings is 1. The third-order valence-corrected chi connectivity index (χ3v) is 4.15. The van der Waals surface area contributed by atoms with Crippen molar-refractivity contribution in [3.05, 3.63) is 24.0 Å². The second kappa shape index (κ2) is 7.60. The van der Waals surface area contributed by atoms with Gasteiger partial charge < -0.3 is 14.9 Å². The summed E-state index contributed by atoms with van der Waals surface area (Å²) < 4.78 is 0. The Morgan fingerprint density at radius 2 is 1.80 bits per heavy atom. The van der Waals surface area contributed by atoms with Crippen LogP contribution >= 0.6 is 0 Å². The van der Waals surface area contributed by atoms with Crippen LogP contribution in [0.5, 0.6) is 0 Å². The molecule has 0 saturated carbocycles. The number of piperidine rings is 1. The summed E-state index contributed by atoms with van der Waals surface area (Å²) in [5.74, 6) is 0. The van der Waals surface area contributed by atoms with Gasteiger partial charge in [0.15, 0.2) is 0 Å². The van der Waals surface area contributed by atoms with E-state index in [9.17, 15) is 0 Å². The standard InChI is InChI=1S/C10H14N2.C6H13NO/c1-9-4-5-11-8-10(9)12-6-2-3-7-12;1-7-4-2-6(8)3-5-7/h4-5,8H,2-3,6-7H2,1H3;6,8H,2-5H2,1H3. The van der Waals surface area contributed by atoms with Crippen LogP contribution in [0.1, 0.15) is 31.2 Å². The highest BCUT2D eigenvalue weighted by Gasteiger charge is 2.13. The maximum absolute atomic E-state index is 9.00. The van der Waals surface area contributed by atoms with Crippen LogP contribution in [0.15, 0.2) is 18.5 Å². The molecule has 20 heavy (non-hydrogen) atoms. The predicted molar refractivity (Wildman–Crippen MR) is 83.2 cm³/mol. The molecule has 3 rings (SSSR count). The molecule has 0 aromatic carbocycles. The van der Waals surface area contributed by atoms with Crippen LogP contribution in [-0.2, 0) is 0 Å². The molecule has 4 nitrogen and oxygen atoms in total. The Labute approximate surface area is 122 Å². The SMILES string of the molecule is CN1CCC(O)CC1.Cc1ccncc1N1CCCC1. The number of aryl methyl sites for hydroxylation is 1. The summed E-state index contributed by atoms with van der Waals surface area (Å²) in [7, 11) is 2.09. The topological polar surface area (TPSA) is 39.6 Å². The van der Waals surface area contributed by atoms with Crippen molar-refractivity contribution in [3.8, 4) is 0 Å². The van der Waals surface area contributed by atoms with E-state index in [4.69, 9.17) is 5.11 Å². The van der Waals surface area contributed by atoms with Crippen LogP contribution in [0.3, 0.4) is 0 Å². The van der Waals surface area contributed by atoms with E-state index in [0.29, 0.717) is 0 Å². The minimum Gasteiger partial charge on any atom is -0.393 e. The van der Waals surface area contributed by atoms with Gasteiger partial charge in [0.1, 0.15) is 0 Å². The first-order valence-corrected chi connectivity index (χ1v) is 7.69. The van der Waals surface area contributed by atoms with Crippen molar-refractivity contribution >= 4 is 5.69 Å². The number of likely N-dealkylation sites (tertiary alicyclic amines) is 1. The van der Waals surface area contributed by atoms with Gasteiger partial charge >= 0.3 is 0 Å². The zero-order chi connectivity index (χ0) is 14.4. The monoisotopic (exact) mass is 277 g/mol. The van der Waals surface area contributed by atoms with E-state index in [1.54, 1.807) is 0 Å². The highest BCUT2D eigenvalue weighted by Crippen LogP contribution is 2.22. The first-order chi connectivity index (χ1) is 9.66. The van der Waals surface area contributed by atoms with Gasteiger partial charge in [0.25, 0.3) is 0 Å². The molecule has 2 aliphatic heterocycles. The van der Waals surface area contributed by atoms with Crippen LogP contribution in [0, 0.1) is 6.92 Å². The number of hydrogen-bond donors (Lipinski definition) is 1. The number of rotatable bonds is 1. The highest BCUT2D eigenvalue weighted by molar-refractivity contribution is 5.51. The lowest BCUT2D eigenvalue weighted by Gasteiger charge is -2.25. The summed E-state index contributed by atoms with van der Waals surface area (Å²) in [5.41, 5.74) is 2.65.